The second kappa shape index (κ2) is 6.95. The van der Waals surface area contributed by atoms with Crippen molar-refractivity contribution in [3.63, 3.8) is 0 Å². The molecule has 9 heteroatoms. The number of phenols is 1. The monoisotopic (exact) mass is 377 g/mol. The Hall–Kier alpha value is -4.01. The van der Waals surface area contributed by atoms with Gasteiger partial charge in [0.15, 0.2) is 5.65 Å². The number of aromatic hydroxyl groups is 1. The maximum Gasteiger partial charge on any atom is 0.254 e. The second-order valence-corrected chi connectivity index (χ2v) is 6.20. The van der Waals surface area contributed by atoms with Crippen LogP contribution in [0.25, 0.3) is 22.4 Å². The molecule has 3 aromatic rings. The number of hydrogen-bond acceptors (Lipinski definition) is 7. The number of carbonyl (C=O) groups is 1. The van der Waals surface area contributed by atoms with Crippen molar-refractivity contribution in [2.24, 2.45) is 5.73 Å². The number of nitrogens with zero attached hydrogens (tertiary/aromatic N) is 3. The van der Waals surface area contributed by atoms with Gasteiger partial charge in [-0.3, -0.25) is 9.36 Å². The van der Waals surface area contributed by atoms with Crippen molar-refractivity contribution in [3.05, 3.63) is 46.8 Å². The highest BCUT2D eigenvalue weighted by molar-refractivity contribution is 6.13. The predicted octanol–water partition coefficient (Wildman–Crippen LogP) is 2.11. The summed E-state index contributed by atoms with van der Waals surface area (Å²) < 4.78 is 1.54. The zero-order chi connectivity index (χ0) is 20.6. The highest BCUT2D eigenvalue weighted by Crippen LogP contribution is 2.35. The largest absolute Gasteiger partial charge is 0.508 e. The van der Waals surface area contributed by atoms with E-state index in [1.807, 2.05) is 6.92 Å². The fourth-order valence-corrected chi connectivity index (χ4v) is 3.14. The molecule has 28 heavy (non-hydrogen) atoms. The molecular formula is C19H19N7O2. The number of aromatic nitrogens is 3. The summed E-state index contributed by atoms with van der Waals surface area (Å²) in [5, 5.41) is 24.8. The minimum atomic E-state index is -0.768. The van der Waals surface area contributed by atoms with Gasteiger partial charge >= 0.3 is 0 Å². The number of nitrogen functional groups attached to an aromatic ring is 1. The molecular weight excluding hydrogens is 358 g/mol. The van der Waals surface area contributed by atoms with E-state index in [2.05, 4.69) is 9.97 Å². The second-order valence-electron chi connectivity index (χ2n) is 6.20. The Labute approximate surface area is 160 Å². The maximum atomic E-state index is 12.1. The number of allylic oxidation sites excluding steroid dienone is 2. The molecule has 7 N–H and O–H groups in total. The lowest BCUT2D eigenvalue weighted by atomic mass is 10.1. The molecule has 2 heterocycles. The molecule has 0 saturated carbocycles. The average Bonchev–Trinajstić information content (AvgIpc) is 2.94. The first kappa shape index (κ1) is 18.8. The van der Waals surface area contributed by atoms with Crippen molar-refractivity contribution in [2.45, 2.75) is 13.8 Å². The van der Waals surface area contributed by atoms with Crippen LogP contribution in [-0.4, -0.2) is 38.0 Å². The standard InChI is InChI=1S/C19H19N7O2/c1-9-3-4-13(27)10(2)16(9)26-17(22)14(18(23)28)15-19(26)24-8-12(25-15)11(7-21)5-6-20/h3-8,20-21,27H,22H2,1-2H3,(H2,23,28)/b11-5+,20-6?,21-7?. The molecule has 1 amide bonds. The molecule has 9 nitrogen and oxygen atoms in total. The first-order valence-electron chi connectivity index (χ1n) is 8.29. The van der Waals surface area contributed by atoms with E-state index in [1.165, 1.54) is 12.3 Å². The number of amides is 1. The van der Waals surface area contributed by atoms with Gasteiger partial charge in [-0.05, 0) is 31.6 Å². The number of primary amides is 1. The lowest BCUT2D eigenvalue weighted by Crippen LogP contribution is -2.14. The van der Waals surface area contributed by atoms with E-state index in [-0.39, 0.29) is 22.6 Å². The van der Waals surface area contributed by atoms with Crippen LogP contribution in [0.4, 0.5) is 5.82 Å². The Morgan fingerprint density at radius 2 is 2.00 bits per heavy atom. The summed E-state index contributed by atoms with van der Waals surface area (Å²) >= 11 is 0. The van der Waals surface area contributed by atoms with Gasteiger partial charge in [0.05, 0.1) is 17.6 Å². The summed E-state index contributed by atoms with van der Waals surface area (Å²) in [5.74, 6) is -0.633. The van der Waals surface area contributed by atoms with Crippen LogP contribution in [0.5, 0.6) is 5.75 Å². The van der Waals surface area contributed by atoms with Crippen molar-refractivity contribution in [1.82, 2.24) is 14.5 Å². The molecule has 0 spiro atoms. The molecule has 0 unspecified atom stereocenters. The summed E-state index contributed by atoms with van der Waals surface area (Å²) in [7, 11) is 0. The van der Waals surface area contributed by atoms with Crippen LogP contribution in [0.1, 0.15) is 27.2 Å². The molecule has 142 valence electrons. The van der Waals surface area contributed by atoms with Gasteiger partial charge in [-0.1, -0.05) is 6.07 Å². The molecule has 0 aliphatic heterocycles. The van der Waals surface area contributed by atoms with E-state index in [0.29, 0.717) is 28.2 Å². The number of fused-ring (bicyclic) bond motifs is 1. The summed E-state index contributed by atoms with van der Waals surface area (Å²) in [6, 6.07) is 3.31. The first-order chi connectivity index (χ1) is 13.3. The minimum Gasteiger partial charge on any atom is -0.508 e. The predicted molar refractivity (Wildman–Crippen MR) is 108 cm³/mol. The summed E-state index contributed by atoms with van der Waals surface area (Å²) in [4.78, 5) is 20.9. The number of nitrogens with two attached hydrogens (primary N) is 2. The van der Waals surface area contributed by atoms with Crippen LogP contribution in [-0.2, 0) is 0 Å². The zero-order valence-corrected chi connectivity index (χ0v) is 15.3. The van der Waals surface area contributed by atoms with Gasteiger partial charge in [0.1, 0.15) is 22.6 Å². The molecule has 0 radical (unpaired) electrons. The van der Waals surface area contributed by atoms with Crippen LogP contribution in [0.3, 0.4) is 0 Å². The van der Waals surface area contributed by atoms with E-state index in [9.17, 15) is 9.90 Å². The van der Waals surface area contributed by atoms with Gasteiger partial charge in [0.2, 0.25) is 0 Å². The maximum absolute atomic E-state index is 12.1. The van der Waals surface area contributed by atoms with E-state index in [0.717, 1.165) is 18.0 Å². The van der Waals surface area contributed by atoms with Gasteiger partial charge in [0.25, 0.3) is 5.91 Å². The van der Waals surface area contributed by atoms with Gasteiger partial charge in [-0.2, -0.15) is 0 Å². The Bertz CT molecular complexity index is 1170. The third-order valence-electron chi connectivity index (χ3n) is 4.49. The molecule has 1 aromatic carbocycles. The van der Waals surface area contributed by atoms with Crippen molar-refractivity contribution >= 4 is 40.9 Å². The van der Waals surface area contributed by atoms with Gasteiger partial charge in [0, 0.05) is 23.6 Å². The van der Waals surface area contributed by atoms with Gasteiger partial charge in [-0.25, -0.2) is 9.97 Å². The number of benzene rings is 1. The lowest BCUT2D eigenvalue weighted by molar-refractivity contribution is 0.100. The van der Waals surface area contributed by atoms with Crippen molar-refractivity contribution < 1.29 is 9.90 Å². The number of rotatable bonds is 5. The van der Waals surface area contributed by atoms with Crippen LogP contribution in [0, 0.1) is 24.7 Å². The number of aryl methyl sites for hydroxylation is 1. The van der Waals surface area contributed by atoms with Crippen LogP contribution in [0.15, 0.2) is 24.4 Å². The van der Waals surface area contributed by atoms with Gasteiger partial charge < -0.3 is 27.4 Å². The molecule has 0 atom stereocenters. The number of anilines is 1. The van der Waals surface area contributed by atoms with Crippen LogP contribution in [0.2, 0.25) is 0 Å². The van der Waals surface area contributed by atoms with E-state index >= 15 is 0 Å². The molecule has 0 aliphatic rings. The third kappa shape index (κ3) is 2.78. The molecule has 0 aliphatic carbocycles. The summed E-state index contributed by atoms with van der Waals surface area (Å²) in [6.45, 7) is 3.58. The number of nitrogens with one attached hydrogen (secondary N) is 2. The third-order valence-corrected chi connectivity index (χ3v) is 4.49. The Balaban J connectivity index is 2.45. The van der Waals surface area contributed by atoms with Crippen molar-refractivity contribution in [2.75, 3.05) is 5.73 Å². The average molecular weight is 377 g/mol. The van der Waals surface area contributed by atoms with Crippen LogP contribution >= 0.6 is 0 Å². The van der Waals surface area contributed by atoms with Crippen molar-refractivity contribution in [3.8, 4) is 11.4 Å². The van der Waals surface area contributed by atoms with E-state index < -0.39 is 5.91 Å². The normalized spacial score (nSPS) is 11.6. The Kier molecular flexibility index (Phi) is 4.66. The quantitative estimate of drug-likeness (QED) is 0.428. The first-order valence-corrected chi connectivity index (χ1v) is 8.29. The molecule has 0 saturated heterocycles. The molecule has 0 fully saturated rings. The molecule has 0 bridgehead atoms. The highest BCUT2D eigenvalue weighted by Gasteiger charge is 2.25. The van der Waals surface area contributed by atoms with E-state index in [4.69, 9.17) is 22.3 Å². The van der Waals surface area contributed by atoms with Gasteiger partial charge in [-0.15, -0.1) is 0 Å². The number of phenolic OH excluding ortho intramolecular Hbond substituents is 1. The minimum absolute atomic E-state index is 0.00526. The van der Waals surface area contributed by atoms with Crippen molar-refractivity contribution in [1.29, 1.82) is 10.8 Å². The Morgan fingerprint density at radius 3 is 2.61 bits per heavy atom. The number of hydrogen-bond donors (Lipinski definition) is 5. The van der Waals surface area contributed by atoms with E-state index in [1.54, 1.807) is 23.6 Å². The fraction of sp³-hybridized carbons (Fsp3) is 0.105. The topological polar surface area (TPSA) is 168 Å². The lowest BCUT2D eigenvalue weighted by Gasteiger charge is -2.15. The molecule has 3 rings (SSSR count). The summed E-state index contributed by atoms with van der Waals surface area (Å²) in [6.07, 6.45) is 4.88. The number of carbonyl (C=O) groups excluding carboxylic acids is 1. The highest BCUT2D eigenvalue weighted by atomic mass is 16.3. The Morgan fingerprint density at radius 1 is 1.29 bits per heavy atom. The fourth-order valence-electron chi connectivity index (χ4n) is 3.14. The zero-order valence-electron chi connectivity index (χ0n) is 15.3. The summed E-state index contributed by atoms with van der Waals surface area (Å²) in [5.41, 5.74) is 14.9. The SMILES string of the molecule is Cc1ccc(O)c(C)c1-n1c(N)c(C(N)=O)c2nc(/C(C=N)=C/C=N)cnc21. The molecule has 2 aromatic heterocycles. The smallest absolute Gasteiger partial charge is 0.254 e. The van der Waals surface area contributed by atoms with Crippen LogP contribution < -0.4 is 11.5 Å².